The van der Waals surface area contributed by atoms with Gasteiger partial charge in [0.25, 0.3) is 0 Å². The van der Waals surface area contributed by atoms with Crippen molar-refractivity contribution in [1.82, 2.24) is 9.80 Å². The largest absolute Gasteiger partial charge is 0.385 e. The molecular weight excluding hydrogens is 366 g/mol. The van der Waals surface area contributed by atoms with Crippen LogP contribution in [-0.4, -0.2) is 65.3 Å². The second-order valence-electron chi connectivity index (χ2n) is 7.36. The second kappa shape index (κ2) is 8.65. The van der Waals surface area contributed by atoms with Crippen LogP contribution in [0.15, 0.2) is 35.5 Å². The number of hydrogen-bond acceptors (Lipinski definition) is 6. The molecule has 3 unspecified atom stereocenters. The maximum absolute atomic E-state index is 14.1. The van der Waals surface area contributed by atoms with E-state index in [2.05, 4.69) is 16.5 Å². The lowest BCUT2D eigenvalue weighted by Gasteiger charge is -2.39. The number of nitrogens with two attached hydrogens (primary N) is 1. The molecular formula is C20H28F2N4O2. The number of aliphatic hydroxyl groups is 1. The van der Waals surface area contributed by atoms with Crippen LogP contribution in [0.3, 0.4) is 0 Å². The van der Waals surface area contributed by atoms with Crippen LogP contribution in [0.1, 0.15) is 31.9 Å². The summed E-state index contributed by atoms with van der Waals surface area (Å²) in [7, 11) is 0. The monoisotopic (exact) mass is 394 g/mol. The van der Waals surface area contributed by atoms with Crippen molar-refractivity contribution in [2.45, 2.75) is 44.6 Å². The molecule has 1 fully saturated rings. The molecule has 8 heteroatoms. The number of aliphatic hydroxyl groups excluding tert-OH is 1. The highest BCUT2D eigenvalue weighted by molar-refractivity contribution is 5.87. The third kappa shape index (κ3) is 4.25. The highest BCUT2D eigenvalue weighted by Crippen LogP contribution is 2.32. The molecule has 2 aliphatic heterocycles. The Hall–Kier alpha value is -1.87. The molecule has 1 aromatic carbocycles. The van der Waals surface area contributed by atoms with Crippen molar-refractivity contribution in [2.75, 3.05) is 26.4 Å². The summed E-state index contributed by atoms with van der Waals surface area (Å²) < 4.78 is 33.5. The molecule has 0 bridgehead atoms. The van der Waals surface area contributed by atoms with Crippen molar-refractivity contribution in [2.24, 2.45) is 10.7 Å². The average molecular weight is 394 g/mol. The van der Waals surface area contributed by atoms with Gasteiger partial charge in [-0.05, 0) is 38.5 Å². The maximum Gasteiger partial charge on any atom is 0.133 e. The van der Waals surface area contributed by atoms with Crippen molar-refractivity contribution in [3.05, 3.63) is 47.7 Å². The van der Waals surface area contributed by atoms with E-state index in [0.717, 1.165) is 23.9 Å². The number of benzene rings is 1. The Morgan fingerprint density at radius 3 is 2.82 bits per heavy atom. The Balaban J connectivity index is 1.73. The molecule has 2 heterocycles. The van der Waals surface area contributed by atoms with E-state index in [1.807, 2.05) is 11.8 Å². The van der Waals surface area contributed by atoms with Gasteiger partial charge in [0.2, 0.25) is 0 Å². The fraction of sp³-hybridized carbons (Fsp3) is 0.550. The Morgan fingerprint density at radius 1 is 1.43 bits per heavy atom. The van der Waals surface area contributed by atoms with E-state index in [1.54, 1.807) is 6.92 Å². The fourth-order valence-electron chi connectivity index (χ4n) is 3.92. The SMILES string of the molecule is C=C1CN(C2CO[C@H](c3cc(F)ccc3F)C(N)C2)CN=C(C(C)O)N1CC. The van der Waals surface area contributed by atoms with Crippen LogP contribution in [-0.2, 0) is 4.74 Å². The van der Waals surface area contributed by atoms with Crippen LogP contribution in [0.25, 0.3) is 0 Å². The number of halogens is 2. The number of amidine groups is 1. The third-order valence-electron chi connectivity index (χ3n) is 5.33. The minimum atomic E-state index is -0.693. The van der Waals surface area contributed by atoms with Crippen LogP contribution in [0, 0.1) is 11.6 Å². The molecule has 1 saturated heterocycles. The predicted octanol–water partition coefficient (Wildman–Crippen LogP) is 2.01. The van der Waals surface area contributed by atoms with Gasteiger partial charge in [-0.25, -0.2) is 8.78 Å². The van der Waals surface area contributed by atoms with Crippen molar-refractivity contribution >= 4 is 5.84 Å². The van der Waals surface area contributed by atoms with Crippen molar-refractivity contribution in [3.8, 4) is 0 Å². The molecule has 0 radical (unpaired) electrons. The Labute approximate surface area is 164 Å². The minimum absolute atomic E-state index is 0.0320. The highest BCUT2D eigenvalue weighted by Gasteiger charge is 2.36. The lowest BCUT2D eigenvalue weighted by atomic mass is 9.93. The van der Waals surface area contributed by atoms with E-state index in [-0.39, 0.29) is 11.6 Å². The third-order valence-corrected chi connectivity index (χ3v) is 5.33. The molecule has 0 saturated carbocycles. The first-order chi connectivity index (χ1) is 13.3. The second-order valence-corrected chi connectivity index (χ2v) is 7.36. The van der Waals surface area contributed by atoms with Gasteiger partial charge in [-0.1, -0.05) is 6.58 Å². The molecule has 0 aliphatic carbocycles. The van der Waals surface area contributed by atoms with Gasteiger partial charge >= 0.3 is 0 Å². The van der Waals surface area contributed by atoms with Crippen LogP contribution >= 0.6 is 0 Å². The lowest BCUT2D eigenvalue weighted by Crippen LogP contribution is -2.50. The van der Waals surface area contributed by atoms with Crippen LogP contribution < -0.4 is 5.73 Å². The van der Waals surface area contributed by atoms with Crippen molar-refractivity contribution in [1.29, 1.82) is 0 Å². The molecule has 154 valence electrons. The summed E-state index contributed by atoms with van der Waals surface area (Å²) in [6.07, 6.45) is -0.827. The zero-order valence-corrected chi connectivity index (χ0v) is 16.3. The summed E-state index contributed by atoms with van der Waals surface area (Å²) in [6.45, 7) is 9.74. The summed E-state index contributed by atoms with van der Waals surface area (Å²) in [6, 6.07) is 2.81. The zero-order chi connectivity index (χ0) is 20.4. The van der Waals surface area contributed by atoms with E-state index in [4.69, 9.17) is 10.5 Å². The Bertz CT molecular complexity index is 756. The molecule has 28 heavy (non-hydrogen) atoms. The molecule has 6 nitrogen and oxygen atoms in total. The molecule has 0 aromatic heterocycles. The number of ether oxygens (including phenoxy) is 1. The van der Waals surface area contributed by atoms with Gasteiger partial charge < -0.3 is 20.5 Å². The molecule has 0 spiro atoms. The van der Waals surface area contributed by atoms with E-state index in [1.165, 1.54) is 0 Å². The first kappa shape index (κ1) is 20.9. The fourth-order valence-corrected chi connectivity index (χ4v) is 3.92. The maximum atomic E-state index is 14.1. The Morgan fingerprint density at radius 2 is 2.18 bits per heavy atom. The molecule has 0 amide bonds. The first-order valence-electron chi connectivity index (χ1n) is 9.55. The van der Waals surface area contributed by atoms with Gasteiger partial charge in [0.05, 0.1) is 13.3 Å². The summed E-state index contributed by atoms with van der Waals surface area (Å²) in [5.41, 5.74) is 7.27. The molecule has 3 rings (SSSR count). The molecule has 2 aliphatic rings. The first-order valence-corrected chi connectivity index (χ1v) is 9.55. The average Bonchev–Trinajstić information content (AvgIpc) is 2.82. The van der Waals surface area contributed by atoms with Gasteiger partial charge in [-0.15, -0.1) is 0 Å². The van der Waals surface area contributed by atoms with Gasteiger partial charge in [-0.2, -0.15) is 0 Å². The predicted molar refractivity (Wildman–Crippen MR) is 104 cm³/mol. The van der Waals surface area contributed by atoms with Crippen LogP contribution in [0.2, 0.25) is 0 Å². The van der Waals surface area contributed by atoms with Gasteiger partial charge in [0.15, 0.2) is 0 Å². The summed E-state index contributed by atoms with van der Waals surface area (Å²) in [5, 5.41) is 10.0. The molecule has 4 atom stereocenters. The number of aliphatic imine (C=N–C) groups is 1. The Kier molecular flexibility index (Phi) is 6.44. The van der Waals surface area contributed by atoms with Crippen LogP contribution in [0.4, 0.5) is 8.78 Å². The smallest absolute Gasteiger partial charge is 0.133 e. The quantitative estimate of drug-likeness (QED) is 0.817. The topological polar surface area (TPSA) is 74.3 Å². The van der Waals surface area contributed by atoms with E-state index in [9.17, 15) is 13.9 Å². The van der Waals surface area contributed by atoms with Crippen molar-refractivity contribution in [3.63, 3.8) is 0 Å². The molecule has 3 N–H and O–H groups in total. The summed E-state index contributed by atoms with van der Waals surface area (Å²) >= 11 is 0. The van der Waals surface area contributed by atoms with Gasteiger partial charge in [0.1, 0.15) is 29.7 Å². The van der Waals surface area contributed by atoms with Gasteiger partial charge in [0, 0.05) is 36.4 Å². The van der Waals surface area contributed by atoms with E-state index >= 15 is 0 Å². The number of hydrogen-bond donors (Lipinski definition) is 2. The van der Waals surface area contributed by atoms with Crippen LogP contribution in [0.5, 0.6) is 0 Å². The number of rotatable bonds is 4. The molecule has 1 aromatic rings. The minimum Gasteiger partial charge on any atom is -0.385 e. The standard InChI is InChI=1S/C20H28F2N4O2/c1-4-26-12(2)9-25(11-24-20(26)13(3)27)15-8-18(23)19(28-10-15)16-7-14(21)5-6-17(16)22/h5-7,13,15,18-19,27H,2,4,8-11,23H2,1,3H3/t13?,15?,18?,19-/m1/s1. The number of likely N-dealkylation sites (N-methyl/N-ethyl adjacent to an activating group) is 1. The van der Waals surface area contributed by atoms with E-state index < -0.39 is 29.9 Å². The lowest BCUT2D eigenvalue weighted by molar-refractivity contribution is -0.0495. The highest BCUT2D eigenvalue weighted by atomic mass is 19.1. The normalized spacial score (nSPS) is 28.1. The zero-order valence-electron chi connectivity index (χ0n) is 16.3. The van der Waals surface area contributed by atoms with E-state index in [0.29, 0.717) is 38.6 Å². The summed E-state index contributed by atoms with van der Waals surface area (Å²) in [5.74, 6) is -0.443. The van der Waals surface area contributed by atoms with Gasteiger partial charge in [-0.3, -0.25) is 9.89 Å². The summed E-state index contributed by atoms with van der Waals surface area (Å²) in [4.78, 5) is 8.57. The number of nitrogens with zero attached hydrogens (tertiary/aromatic N) is 3. The van der Waals surface area contributed by atoms with Crippen molar-refractivity contribution < 1.29 is 18.6 Å².